The van der Waals surface area contributed by atoms with Gasteiger partial charge in [-0.1, -0.05) is 6.07 Å². The Morgan fingerprint density at radius 1 is 0.976 bits per heavy atom. The van der Waals surface area contributed by atoms with Crippen LogP contribution in [0.5, 0.6) is 11.5 Å². The molecular formula is C33H31N3O6. The normalized spacial score (nSPS) is 20.4. The smallest absolute Gasteiger partial charge is 0.254 e. The average Bonchev–Trinajstić information content (AvgIpc) is 3.63. The highest BCUT2D eigenvalue weighted by molar-refractivity contribution is 5.97. The van der Waals surface area contributed by atoms with Gasteiger partial charge in [-0.15, -0.1) is 0 Å². The maximum atomic E-state index is 13.3. The van der Waals surface area contributed by atoms with E-state index in [1.165, 1.54) is 0 Å². The number of benzene rings is 2. The van der Waals surface area contributed by atoms with Crippen LogP contribution < -0.4 is 9.47 Å². The van der Waals surface area contributed by atoms with E-state index in [-0.39, 0.29) is 24.2 Å². The number of amides is 1. The van der Waals surface area contributed by atoms with Crippen LogP contribution in [0.2, 0.25) is 0 Å². The first kappa shape index (κ1) is 26.5. The van der Waals surface area contributed by atoms with Crippen molar-refractivity contribution in [1.82, 2.24) is 9.88 Å². The third-order valence-electron chi connectivity index (χ3n) is 8.33. The van der Waals surface area contributed by atoms with Crippen LogP contribution in [0.15, 0.2) is 59.1 Å². The van der Waals surface area contributed by atoms with Crippen LogP contribution in [0, 0.1) is 11.3 Å². The first-order valence-corrected chi connectivity index (χ1v) is 14.4. The molecule has 2 aromatic heterocycles. The van der Waals surface area contributed by atoms with E-state index >= 15 is 0 Å². The first-order valence-electron chi connectivity index (χ1n) is 14.4. The molecule has 7 rings (SSSR count). The number of hydrogen-bond donors (Lipinski definition) is 0. The number of methoxy groups -OCH3 is 1. The summed E-state index contributed by atoms with van der Waals surface area (Å²) in [7, 11) is 1.59. The molecule has 3 aliphatic heterocycles. The quantitative estimate of drug-likeness (QED) is 0.297. The first-order chi connectivity index (χ1) is 20.6. The third-order valence-corrected chi connectivity index (χ3v) is 8.33. The van der Waals surface area contributed by atoms with Crippen LogP contribution in [0.25, 0.3) is 33.6 Å². The lowest BCUT2D eigenvalue weighted by molar-refractivity contribution is -0.0303. The molecule has 3 saturated heterocycles. The molecule has 2 atom stereocenters. The minimum Gasteiger partial charge on any atom is -0.496 e. The molecule has 0 N–H and O–H groups in total. The van der Waals surface area contributed by atoms with Gasteiger partial charge in [0.05, 0.1) is 43.7 Å². The second kappa shape index (κ2) is 11.1. The molecule has 9 heteroatoms. The number of furan rings is 1. The number of likely N-dealkylation sites (tertiary alicyclic amines) is 1. The molecule has 2 unspecified atom stereocenters. The molecular weight excluding hydrogens is 534 g/mol. The molecule has 42 heavy (non-hydrogen) atoms. The van der Waals surface area contributed by atoms with Gasteiger partial charge in [-0.3, -0.25) is 9.78 Å². The number of rotatable bonds is 6. The van der Waals surface area contributed by atoms with Gasteiger partial charge in [0.2, 0.25) is 0 Å². The highest BCUT2D eigenvalue weighted by Crippen LogP contribution is 2.39. The number of nitriles is 1. The monoisotopic (exact) mass is 565 g/mol. The number of carbonyl (C=O) groups excluding carboxylic acids is 1. The highest BCUT2D eigenvalue weighted by atomic mass is 16.5. The van der Waals surface area contributed by atoms with Gasteiger partial charge in [-0.05, 0) is 54.8 Å². The van der Waals surface area contributed by atoms with Gasteiger partial charge in [0, 0.05) is 49.3 Å². The van der Waals surface area contributed by atoms with Crippen molar-refractivity contribution in [3.8, 4) is 40.0 Å². The summed E-state index contributed by atoms with van der Waals surface area (Å²) in [4.78, 5) is 19.7. The number of fused-ring (bicyclic) bond motifs is 3. The molecule has 5 heterocycles. The summed E-state index contributed by atoms with van der Waals surface area (Å²) in [5, 5.41) is 9.88. The Labute approximate surface area is 243 Å². The summed E-state index contributed by atoms with van der Waals surface area (Å²) in [6.07, 6.45) is 5.65. The van der Waals surface area contributed by atoms with E-state index in [9.17, 15) is 10.1 Å². The molecule has 3 fully saturated rings. The molecule has 2 bridgehead atoms. The SMILES string of the molecule is COc1cc(C(=O)N2CC3CCC(C2)O3)ccc1-c1cc2nccc(-c3ccc(OC4CCOCC4)c(C#N)c3)c2o1. The van der Waals surface area contributed by atoms with Gasteiger partial charge in [0.15, 0.2) is 5.58 Å². The van der Waals surface area contributed by atoms with Crippen molar-refractivity contribution < 1.29 is 28.2 Å². The lowest BCUT2D eigenvalue weighted by Crippen LogP contribution is -2.45. The summed E-state index contributed by atoms with van der Waals surface area (Å²) in [5.74, 6) is 1.66. The van der Waals surface area contributed by atoms with Crippen LogP contribution in [0.4, 0.5) is 0 Å². The Morgan fingerprint density at radius 2 is 1.79 bits per heavy atom. The van der Waals surface area contributed by atoms with Crippen LogP contribution in [0.3, 0.4) is 0 Å². The van der Waals surface area contributed by atoms with Crippen molar-refractivity contribution in [3.63, 3.8) is 0 Å². The van der Waals surface area contributed by atoms with E-state index in [4.69, 9.17) is 23.4 Å². The summed E-state index contributed by atoms with van der Waals surface area (Å²) in [6.45, 7) is 2.57. The molecule has 214 valence electrons. The number of morpholine rings is 1. The Kier molecular flexibility index (Phi) is 7.02. The summed E-state index contributed by atoms with van der Waals surface area (Å²) < 4.78 is 29.5. The van der Waals surface area contributed by atoms with Crippen molar-refractivity contribution >= 4 is 17.0 Å². The molecule has 9 nitrogen and oxygen atoms in total. The number of ether oxygens (including phenoxy) is 4. The van der Waals surface area contributed by atoms with E-state index < -0.39 is 0 Å². The van der Waals surface area contributed by atoms with Gasteiger partial charge in [-0.25, -0.2) is 0 Å². The Bertz CT molecular complexity index is 1670. The number of nitrogens with zero attached hydrogens (tertiary/aromatic N) is 3. The van der Waals surface area contributed by atoms with Crippen molar-refractivity contribution in [2.24, 2.45) is 0 Å². The molecule has 0 radical (unpaired) electrons. The van der Waals surface area contributed by atoms with E-state index in [1.54, 1.807) is 19.4 Å². The zero-order chi connectivity index (χ0) is 28.6. The minimum atomic E-state index is -0.0221. The second-order valence-electron chi connectivity index (χ2n) is 11.0. The Hall–Kier alpha value is -4.39. The van der Waals surface area contributed by atoms with Crippen molar-refractivity contribution in [1.29, 1.82) is 5.26 Å². The predicted octanol–water partition coefficient (Wildman–Crippen LogP) is 5.60. The number of aromatic nitrogens is 1. The van der Waals surface area contributed by atoms with Gasteiger partial charge in [0.25, 0.3) is 5.91 Å². The average molecular weight is 566 g/mol. The highest BCUT2D eigenvalue weighted by Gasteiger charge is 2.36. The summed E-state index contributed by atoms with van der Waals surface area (Å²) in [5.41, 5.74) is 4.66. The fraction of sp³-hybridized carbons (Fsp3) is 0.364. The lowest BCUT2D eigenvalue weighted by Gasteiger charge is -2.32. The van der Waals surface area contributed by atoms with Crippen molar-refractivity contribution in [2.75, 3.05) is 33.4 Å². The topological polar surface area (TPSA) is 107 Å². The predicted molar refractivity (Wildman–Crippen MR) is 154 cm³/mol. The molecule has 4 aromatic rings. The van der Waals surface area contributed by atoms with E-state index in [2.05, 4.69) is 11.1 Å². The van der Waals surface area contributed by atoms with Gasteiger partial charge >= 0.3 is 0 Å². The van der Waals surface area contributed by atoms with Crippen LogP contribution in [-0.2, 0) is 9.47 Å². The van der Waals surface area contributed by atoms with E-state index in [0.717, 1.165) is 42.4 Å². The summed E-state index contributed by atoms with van der Waals surface area (Å²) in [6, 6.07) is 17.1. The molecule has 0 spiro atoms. The number of hydrogen-bond acceptors (Lipinski definition) is 8. The fourth-order valence-corrected chi connectivity index (χ4v) is 6.15. The maximum absolute atomic E-state index is 13.3. The van der Waals surface area contributed by atoms with Crippen molar-refractivity contribution in [2.45, 2.75) is 44.0 Å². The van der Waals surface area contributed by atoms with Crippen LogP contribution >= 0.6 is 0 Å². The van der Waals surface area contributed by atoms with Gasteiger partial charge < -0.3 is 28.3 Å². The maximum Gasteiger partial charge on any atom is 0.254 e. The zero-order valence-corrected chi connectivity index (χ0v) is 23.4. The molecule has 3 aliphatic rings. The molecule has 0 aliphatic carbocycles. The fourth-order valence-electron chi connectivity index (χ4n) is 6.15. The standard InChI is InChI=1S/C33H31N3O6/c1-38-30-15-21(33(37)36-18-24-4-5-25(19-36)40-24)2-6-27(30)31-16-28-32(42-31)26(8-11-35-28)20-3-7-29(22(14-20)17-34)41-23-9-12-39-13-10-23/h2-3,6-8,11,14-16,23-25H,4-5,9-10,12-13,18-19H2,1H3. The van der Waals surface area contributed by atoms with Gasteiger partial charge in [-0.2, -0.15) is 5.26 Å². The van der Waals surface area contributed by atoms with Crippen LogP contribution in [0.1, 0.15) is 41.6 Å². The third kappa shape index (κ3) is 4.97. The number of pyridine rings is 1. The largest absolute Gasteiger partial charge is 0.496 e. The van der Waals surface area contributed by atoms with Crippen molar-refractivity contribution in [3.05, 3.63) is 65.9 Å². The second-order valence-corrected chi connectivity index (χ2v) is 11.0. The van der Waals surface area contributed by atoms with E-state index in [1.807, 2.05) is 47.4 Å². The molecule has 2 aromatic carbocycles. The van der Waals surface area contributed by atoms with Gasteiger partial charge in [0.1, 0.15) is 34.9 Å². The minimum absolute atomic E-state index is 0.0221. The van der Waals surface area contributed by atoms with Crippen LogP contribution in [-0.4, -0.2) is 67.5 Å². The molecule has 0 saturated carbocycles. The molecule has 1 amide bonds. The Balaban J connectivity index is 1.18. The zero-order valence-electron chi connectivity index (χ0n) is 23.4. The number of carbonyl (C=O) groups is 1. The summed E-state index contributed by atoms with van der Waals surface area (Å²) >= 11 is 0. The Morgan fingerprint density at radius 3 is 2.55 bits per heavy atom. The van der Waals surface area contributed by atoms with E-state index in [0.29, 0.717) is 65.8 Å². The lowest BCUT2D eigenvalue weighted by atomic mass is 10.0.